The molecule has 1 aromatic carbocycles. The van der Waals surface area contributed by atoms with Crippen molar-refractivity contribution in [2.24, 2.45) is 0 Å². The third kappa shape index (κ3) is 4.32. The number of rotatable bonds is 4. The molecular formula is C16H24N2O2. The molecule has 1 heterocycles. The topological polar surface area (TPSA) is 41.6 Å². The second-order valence-electron chi connectivity index (χ2n) is 5.55. The lowest BCUT2D eigenvalue weighted by Gasteiger charge is -2.34. The minimum absolute atomic E-state index is 0.0375. The molecule has 1 aromatic rings. The van der Waals surface area contributed by atoms with Crippen LogP contribution in [0.5, 0.6) is 0 Å². The zero-order valence-corrected chi connectivity index (χ0v) is 12.6. The van der Waals surface area contributed by atoms with Crippen LogP contribution in [0.1, 0.15) is 26.3 Å². The van der Waals surface area contributed by atoms with E-state index < -0.39 is 0 Å². The number of hydrogen-bond donors (Lipinski definition) is 1. The molecule has 1 fully saturated rings. The van der Waals surface area contributed by atoms with E-state index in [0.717, 1.165) is 25.2 Å². The van der Waals surface area contributed by atoms with Gasteiger partial charge in [0.2, 0.25) is 5.91 Å². The molecule has 0 spiro atoms. The molecule has 2 rings (SSSR count). The molecule has 0 radical (unpaired) electrons. The Labute approximate surface area is 121 Å². The summed E-state index contributed by atoms with van der Waals surface area (Å²) >= 11 is 0. The first-order chi connectivity index (χ1) is 9.56. The Bertz CT molecular complexity index is 434. The average Bonchev–Trinajstić information content (AvgIpc) is 2.38. The minimum Gasteiger partial charge on any atom is -0.373 e. The van der Waals surface area contributed by atoms with Crippen molar-refractivity contribution in [1.82, 2.24) is 4.90 Å². The number of morpholine rings is 1. The van der Waals surface area contributed by atoms with E-state index in [1.165, 1.54) is 5.56 Å². The first kappa shape index (κ1) is 15.0. The smallest absolute Gasteiger partial charge is 0.238 e. The van der Waals surface area contributed by atoms with Crippen LogP contribution in [-0.2, 0) is 16.0 Å². The summed E-state index contributed by atoms with van der Waals surface area (Å²) in [5.74, 6) is 0.0375. The van der Waals surface area contributed by atoms with Gasteiger partial charge in [-0.25, -0.2) is 0 Å². The number of aryl methyl sites for hydroxylation is 1. The van der Waals surface area contributed by atoms with Crippen LogP contribution in [0.3, 0.4) is 0 Å². The summed E-state index contributed by atoms with van der Waals surface area (Å²) in [6, 6.07) is 8.02. The zero-order chi connectivity index (χ0) is 14.5. The van der Waals surface area contributed by atoms with Gasteiger partial charge in [0.25, 0.3) is 0 Å². The van der Waals surface area contributed by atoms with Gasteiger partial charge in [-0.3, -0.25) is 9.69 Å². The molecule has 0 saturated carbocycles. The number of carbonyl (C=O) groups is 1. The van der Waals surface area contributed by atoms with Crippen LogP contribution in [0.2, 0.25) is 0 Å². The second-order valence-corrected chi connectivity index (χ2v) is 5.55. The van der Waals surface area contributed by atoms with Crippen molar-refractivity contribution in [3.8, 4) is 0 Å². The van der Waals surface area contributed by atoms with Gasteiger partial charge in [-0.05, 0) is 38.0 Å². The third-order valence-corrected chi connectivity index (χ3v) is 3.51. The van der Waals surface area contributed by atoms with Crippen LogP contribution >= 0.6 is 0 Å². The molecule has 4 nitrogen and oxygen atoms in total. The number of ether oxygens (including phenoxy) is 1. The lowest BCUT2D eigenvalue weighted by atomic mass is 10.1. The standard InChI is InChI=1S/C16H24N2O2/c1-4-14-5-7-15(8-6-14)17-16(19)11-18-9-12(2)20-13(3)10-18/h5-8,12-13H,4,9-11H2,1-3H3,(H,17,19). The Hall–Kier alpha value is -1.39. The number of anilines is 1. The zero-order valence-electron chi connectivity index (χ0n) is 12.6. The van der Waals surface area contributed by atoms with E-state index in [2.05, 4.69) is 29.3 Å². The van der Waals surface area contributed by atoms with Gasteiger partial charge in [0.15, 0.2) is 0 Å². The molecule has 1 N–H and O–H groups in total. The van der Waals surface area contributed by atoms with Gasteiger partial charge in [0, 0.05) is 18.8 Å². The van der Waals surface area contributed by atoms with E-state index in [-0.39, 0.29) is 18.1 Å². The van der Waals surface area contributed by atoms with Crippen molar-refractivity contribution < 1.29 is 9.53 Å². The molecule has 110 valence electrons. The van der Waals surface area contributed by atoms with E-state index in [0.29, 0.717) is 6.54 Å². The summed E-state index contributed by atoms with van der Waals surface area (Å²) in [4.78, 5) is 14.2. The largest absolute Gasteiger partial charge is 0.373 e. The van der Waals surface area contributed by atoms with Crippen molar-refractivity contribution >= 4 is 11.6 Å². The Morgan fingerprint density at radius 2 is 1.85 bits per heavy atom. The van der Waals surface area contributed by atoms with Crippen LogP contribution in [0.25, 0.3) is 0 Å². The first-order valence-corrected chi connectivity index (χ1v) is 7.33. The van der Waals surface area contributed by atoms with Gasteiger partial charge in [0.05, 0.1) is 18.8 Å². The molecule has 1 aliphatic heterocycles. The SMILES string of the molecule is CCc1ccc(NC(=O)CN2CC(C)OC(C)C2)cc1. The van der Waals surface area contributed by atoms with Crippen LogP contribution in [0, 0.1) is 0 Å². The summed E-state index contributed by atoms with van der Waals surface area (Å²) in [5.41, 5.74) is 2.14. The highest BCUT2D eigenvalue weighted by atomic mass is 16.5. The molecule has 2 atom stereocenters. The number of benzene rings is 1. The minimum atomic E-state index is 0.0375. The maximum absolute atomic E-state index is 12.1. The molecule has 0 aliphatic carbocycles. The Morgan fingerprint density at radius 1 is 1.25 bits per heavy atom. The third-order valence-electron chi connectivity index (χ3n) is 3.51. The quantitative estimate of drug-likeness (QED) is 0.917. The maximum Gasteiger partial charge on any atom is 0.238 e. The van der Waals surface area contributed by atoms with Crippen molar-refractivity contribution in [2.75, 3.05) is 25.0 Å². The summed E-state index contributed by atoms with van der Waals surface area (Å²) in [6.07, 6.45) is 1.39. The number of nitrogens with zero attached hydrogens (tertiary/aromatic N) is 1. The Balaban J connectivity index is 1.85. The molecule has 1 aliphatic rings. The molecular weight excluding hydrogens is 252 g/mol. The highest BCUT2D eigenvalue weighted by Gasteiger charge is 2.23. The Kier molecular flexibility index (Phi) is 5.15. The summed E-state index contributed by atoms with van der Waals surface area (Å²) in [7, 11) is 0. The molecule has 1 saturated heterocycles. The fourth-order valence-electron chi connectivity index (χ4n) is 2.64. The summed E-state index contributed by atoms with van der Waals surface area (Å²) in [5, 5.41) is 2.95. The lowest BCUT2D eigenvalue weighted by Crippen LogP contribution is -2.48. The van der Waals surface area contributed by atoms with E-state index >= 15 is 0 Å². The number of nitrogens with one attached hydrogen (secondary N) is 1. The van der Waals surface area contributed by atoms with Crippen LogP contribution in [0.4, 0.5) is 5.69 Å². The van der Waals surface area contributed by atoms with E-state index in [9.17, 15) is 4.79 Å². The normalized spacial score (nSPS) is 23.6. The van der Waals surface area contributed by atoms with Crippen LogP contribution in [0.15, 0.2) is 24.3 Å². The van der Waals surface area contributed by atoms with Crippen LogP contribution < -0.4 is 5.32 Å². The van der Waals surface area contributed by atoms with Crippen molar-refractivity contribution in [3.63, 3.8) is 0 Å². The van der Waals surface area contributed by atoms with E-state index in [1.54, 1.807) is 0 Å². The average molecular weight is 276 g/mol. The first-order valence-electron chi connectivity index (χ1n) is 7.33. The highest BCUT2D eigenvalue weighted by Crippen LogP contribution is 2.12. The lowest BCUT2D eigenvalue weighted by molar-refractivity contribution is -0.121. The van der Waals surface area contributed by atoms with Crippen molar-refractivity contribution in [1.29, 1.82) is 0 Å². The summed E-state index contributed by atoms with van der Waals surface area (Å²) < 4.78 is 5.67. The number of amides is 1. The van der Waals surface area contributed by atoms with Gasteiger partial charge < -0.3 is 10.1 Å². The molecule has 1 amide bonds. The highest BCUT2D eigenvalue weighted by molar-refractivity contribution is 5.92. The molecule has 2 unspecified atom stereocenters. The van der Waals surface area contributed by atoms with Gasteiger partial charge in [-0.1, -0.05) is 19.1 Å². The fraction of sp³-hybridized carbons (Fsp3) is 0.562. The fourth-order valence-corrected chi connectivity index (χ4v) is 2.64. The van der Waals surface area contributed by atoms with Crippen molar-refractivity contribution in [2.45, 2.75) is 39.4 Å². The molecule has 4 heteroatoms. The van der Waals surface area contributed by atoms with Crippen LogP contribution in [-0.4, -0.2) is 42.6 Å². The van der Waals surface area contributed by atoms with Crippen molar-refractivity contribution in [3.05, 3.63) is 29.8 Å². The predicted molar refractivity (Wildman–Crippen MR) is 80.9 cm³/mol. The van der Waals surface area contributed by atoms with E-state index in [4.69, 9.17) is 4.74 Å². The summed E-state index contributed by atoms with van der Waals surface area (Å²) in [6.45, 7) is 8.26. The molecule has 0 aromatic heterocycles. The molecule has 0 bridgehead atoms. The van der Waals surface area contributed by atoms with Gasteiger partial charge >= 0.3 is 0 Å². The van der Waals surface area contributed by atoms with Gasteiger partial charge in [-0.15, -0.1) is 0 Å². The van der Waals surface area contributed by atoms with Gasteiger partial charge in [0.1, 0.15) is 0 Å². The maximum atomic E-state index is 12.1. The number of carbonyl (C=O) groups excluding carboxylic acids is 1. The second kappa shape index (κ2) is 6.86. The van der Waals surface area contributed by atoms with E-state index in [1.807, 2.05) is 26.0 Å². The monoisotopic (exact) mass is 276 g/mol. The Morgan fingerprint density at radius 3 is 2.40 bits per heavy atom. The predicted octanol–water partition coefficient (Wildman–Crippen LogP) is 2.30. The molecule has 20 heavy (non-hydrogen) atoms. The van der Waals surface area contributed by atoms with Gasteiger partial charge in [-0.2, -0.15) is 0 Å². The number of hydrogen-bond acceptors (Lipinski definition) is 3.